The van der Waals surface area contributed by atoms with Crippen molar-refractivity contribution in [3.8, 4) is 50.2 Å². The Morgan fingerprint density at radius 2 is 0.667 bits per heavy atom. The zero-order chi connectivity index (χ0) is 41.5. The molecule has 0 amide bonds. The summed E-state index contributed by atoms with van der Waals surface area (Å²) < 4.78 is 2.39. The molecule has 2 heteroatoms. The molecule has 11 aromatic rings. The van der Waals surface area contributed by atoms with Gasteiger partial charge >= 0.3 is 0 Å². The van der Waals surface area contributed by atoms with Crippen molar-refractivity contribution in [3.63, 3.8) is 0 Å². The minimum atomic E-state index is -0.434. The van der Waals surface area contributed by atoms with Gasteiger partial charge in [-0.2, -0.15) is 0 Å². The number of nitrogens with zero attached hydrogens (tertiary/aromatic N) is 2. The van der Waals surface area contributed by atoms with E-state index in [1.165, 1.54) is 88.6 Å². The highest BCUT2D eigenvalue weighted by molar-refractivity contribution is 6.09. The molecular weight excluding hydrogens is 761 g/mol. The molecule has 0 unspecified atom stereocenters. The minimum absolute atomic E-state index is 0.434. The van der Waals surface area contributed by atoms with Crippen LogP contribution in [0.3, 0.4) is 0 Å². The highest BCUT2D eigenvalue weighted by Crippen LogP contribution is 2.63. The molecule has 2 aliphatic rings. The van der Waals surface area contributed by atoms with Crippen molar-refractivity contribution in [2.24, 2.45) is 0 Å². The van der Waals surface area contributed by atoms with Crippen LogP contribution in [0.5, 0.6) is 0 Å². The quantitative estimate of drug-likeness (QED) is 0.163. The zero-order valence-electron chi connectivity index (χ0n) is 34.5. The average molecular weight is 801 g/mol. The summed E-state index contributed by atoms with van der Waals surface area (Å²) in [6, 6.07) is 89.4. The van der Waals surface area contributed by atoms with Crippen molar-refractivity contribution in [1.29, 1.82) is 0 Å². The highest BCUT2D eigenvalue weighted by Gasteiger charge is 2.51. The first-order valence-corrected chi connectivity index (χ1v) is 21.8. The normalized spacial score (nSPS) is 12.9. The number of hydrogen-bond donors (Lipinski definition) is 0. The largest absolute Gasteiger partial charge is 0.310 e. The van der Waals surface area contributed by atoms with E-state index in [1.807, 2.05) is 0 Å². The maximum atomic E-state index is 2.48. The summed E-state index contributed by atoms with van der Waals surface area (Å²) in [5.74, 6) is 0. The molecule has 0 N–H and O–H groups in total. The van der Waals surface area contributed by atoms with Gasteiger partial charge in [0.1, 0.15) is 0 Å². The number of para-hydroxylation sites is 2. The maximum absolute atomic E-state index is 2.48. The number of aromatic nitrogens is 1. The Balaban J connectivity index is 0.977. The first-order valence-electron chi connectivity index (χ1n) is 21.8. The smallest absolute Gasteiger partial charge is 0.0726 e. The van der Waals surface area contributed by atoms with Crippen LogP contribution in [0.4, 0.5) is 17.1 Å². The Morgan fingerprint density at radius 1 is 0.286 bits per heavy atom. The first kappa shape index (κ1) is 35.5. The van der Waals surface area contributed by atoms with E-state index < -0.39 is 5.41 Å². The van der Waals surface area contributed by atoms with Gasteiger partial charge in [-0.3, -0.25) is 0 Å². The van der Waals surface area contributed by atoms with Crippen molar-refractivity contribution >= 4 is 38.9 Å². The van der Waals surface area contributed by atoms with Gasteiger partial charge in [0.25, 0.3) is 0 Å². The van der Waals surface area contributed by atoms with Crippen LogP contribution in [0.1, 0.15) is 22.3 Å². The Labute approximate surface area is 367 Å². The van der Waals surface area contributed by atoms with Gasteiger partial charge in [-0.15, -0.1) is 0 Å². The number of benzene rings is 10. The average Bonchev–Trinajstić information content (AvgIpc) is 3.97. The highest BCUT2D eigenvalue weighted by atomic mass is 15.1. The third kappa shape index (κ3) is 5.25. The fourth-order valence-corrected chi connectivity index (χ4v) is 10.9. The predicted molar refractivity (Wildman–Crippen MR) is 263 cm³/mol. The van der Waals surface area contributed by atoms with Crippen LogP contribution in [0.25, 0.3) is 72.0 Å². The molecule has 0 saturated carbocycles. The monoisotopic (exact) mass is 800 g/mol. The molecule has 63 heavy (non-hydrogen) atoms. The number of rotatable bonds is 6. The molecule has 2 aliphatic carbocycles. The van der Waals surface area contributed by atoms with Crippen LogP contribution in [0, 0.1) is 0 Å². The van der Waals surface area contributed by atoms with Gasteiger partial charge in [-0.05, 0) is 127 Å². The number of hydrogen-bond acceptors (Lipinski definition) is 1. The van der Waals surface area contributed by atoms with Crippen LogP contribution < -0.4 is 4.90 Å². The van der Waals surface area contributed by atoms with Crippen molar-refractivity contribution in [3.05, 3.63) is 265 Å². The molecule has 0 fully saturated rings. The van der Waals surface area contributed by atoms with Crippen molar-refractivity contribution < 1.29 is 0 Å². The molecule has 13 rings (SSSR count). The summed E-state index contributed by atoms with van der Waals surface area (Å²) >= 11 is 0. The second-order valence-electron chi connectivity index (χ2n) is 16.8. The lowest BCUT2D eigenvalue weighted by atomic mass is 9.70. The van der Waals surface area contributed by atoms with E-state index in [-0.39, 0.29) is 0 Å². The van der Waals surface area contributed by atoms with E-state index >= 15 is 0 Å². The molecule has 294 valence electrons. The van der Waals surface area contributed by atoms with E-state index in [9.17, 15) is 0 Å². The van der Waals surface area contributed by atoms with Gasteiger partial charge < -0.3 is 9.47 Å². The van der Waals surface area contributed by atoms with E-state index in [4.69, 9.17) is 0 Å². The van der Waals surface area contributed by atoms with Crippen molar-refractivity contribution in [1.82, 2.24) is 4.57 Å². The predicted octanol–water partition coefficient (Wildman–Crippen LogP) is 15.9. The Kier molecular flexibility index (Phi) is 7.85. The van der Waals surface area contributed by atoms with Gasteiger partial charge in [-0.1, -0.05) is 182 Å². The third-order valence-electron chi connectivity index (χ3n) is 13.6. The second-order valence-corrected chi connectivity index (χ2v) is 16.8. The number of fused-ring (bicyclic) bond motifs is 13. The summed E-state index contributed by atoms with van der Waals surface area (Å²) in [5.41, 5.74) is 21.8. The molecule has 0 radical (unpaired) electrons. The second kappa shape index (κ2) is 13.9. The summed E-state index contributed by atoms with van der Waals surface area (Å²) in [5, 5.41) is 2.52. The van der Waals surface area contributed by atoms with Gasteiger partial charge in [-0.25, -0.2) is 0 Å². The molecule has 1 aromatic heterocycles. The lowest BCUT2D eigenvalue weighted by molar-refractivity contribution is 0.793. The van der Waals surface area contributed by atoms with Gasteiger partial charge in [0.05, 0.1) is 16.4 Å². The van der Waals surface area contributed by atoms with E-state index in [2.05, 4.69) is 252 Å². The fraction of sp³-hybridized carbons (Fsp3) is 0.0164. The van der Waals surface area contributed by atoms with Crippen LogP contribution in [-0.4, -0.2) is 4.57 Å². The Morgan fingerprint density at radius 3 is 1.19 bits per heavy atom. The van der Waals surface area contributed by atoms with Crippen LogP contribution in [0.15, 0.2) is 243 Å². The molecule has 2 nitrogen and oxygen atoms in total. The number of anilines is 3. The van der Waals surface area contributed by atoms with Crippen LogP contribution in [0.2, 0.25) is 0 Å². The lowest BCUT2D eigenvalue weighted by Crippen LogP contribution is -2.26. The molecule has 0 atom stereocenters. The third-order valence-corrected chi connectivity index (χ3v) is 13.6. The van der Waals surface area contributed by atoms with Gasteiger partial charge in [0.2, 0.25) is 0 Å². The van der Waals surface area contributed by atoms with Gasteiger partial charge in [0, 0.05) is 33.5 Å². The molecule has 0 bridgehead atoms. The molecule has 1 spiro atoms. The Hall–Kier alpha value is -8.20. The van der Waals surface area contributed by atoms with Crippen molar-refractivity contribution in [2.45, 2.75) is 5.41 Å². The van der Waals surface area contributed by atoms with Crippen molar-refractivity contribution in [2.75, 3.05) is 4.90 Å². The topological polar surface area (TPSA) is 8.17 Å². The fourth-order valence-electron chi connectivity index (χ4n) is 10.9. The molecule has 1 heterocycles. The standard InChI is InChI=1S/C61H40N2/c1-2-14-41(15-3-1)42-26-28-43(29-27-42)44-30-32-45(33-31-44)62(46-34-36-47(37-35-46)63-59-24-12-7-19-53(59)54-20-8-13-25-60(54)63)48-38-39-52-51-18-6-11-23-57(51)61(58(52)40-48)55-21-9-4-16-49(55)50-17-5-10-22-56(50)61/h1-40H. The van der Waals surface area contributed by atoms with E-state index in [1.54, 1.807) is 0 Å². The lowest BCUT2D eigenvalue weighted by Gasteiger charge is -2.32. The first-order chi connectivity index (χ1) is 31.3. The Bertz CT molecular complexity index is 3420. The minimum Gasteiger partial charge on any atom is -0.310 e. The molecule has 0 saturated heterocycles. The molecule has 10 aromatic carbocycles. The molecule has 0 aliphatic heterocycles. The molecular formula is C61H40N2. The summed E-state index contributed by atoms with van der Waals surface area (Å²) in [6.45, 7) is 0. The van der Waals surface area contributed by atoms with E-state index in [0.29, 0.717) is 0 Å². The van der Waals surface area contributed by atoms with E-state index in [0.717, 1.165) is 22.7 Å². The zero-order valence-corrected chi connectivity index (χ0v) is 34.5. The summed E-state index contributed by atoms with van der Waals surface area (Å²) in [6.07, 6.45) is 0. The summed E-state index contributed by atoms with van der Waals surface area (Å²) in [7, 11) is 0. The van der Waals surface area contributed by atoms with Gasteiger partial charge in [0.15, 0.2) is 0 Å². The van der Waals surface area contributed by atoms with Crippen LogP contribution >= 0.6 is 0 Å². The maximum Gasteiger partial charge on any atom is 0.0726 e. The summed E-state index contributed by atoms with van der Waals surface area (Å²) in [4.78, 5) is 2.43. The van der Waals surface area contributed by atoms with Crippen LogP contribution in [-0.2, 0) is 5.41 Å². The SMILES string of the molecule is c1ccc(-c2ccc(-c3ccc(N(c4ccc(-n5c6ccccc6c6ccccc65)cc4)c4ccc5c(c4)C4(c6ccccc6-c6ccccc64)c4ccccc4-5)cc3)cc2)cc1.